The molecule has 7 nitrogen and oxygen atoms in total. The van der Waals surface area contributed by atoms with Crippen molar-refractivity contribution in [1.82, 2.24) is 15.0 Å². The molecular weight excluding hydrogens is 272 g/mol. The first-order valence-corrected chi connectivity index (χ1v) is 6.58. The Kier molecular flexibility index (Phi) is 4.32. The first-order valence-electron chi connectivity index (χ1n) is 6.58. The summed E-state index contributed by atoms with van der Waals surface area (Å²) in [4.78, 5) is 22.3. The zero-order chi connectivity index (χ0) is 15.4. The van der Waals surface area contributed by atoms with Crippen LogP contribution in [0.5, 0.6) is 0 Å². The number of anilines is 1. The Bertz CT molecular complexity index is 679. The van der Waals surface area contributed by atoms with Crippen molar-refractivity contribution in [2.45, 2.75) is 26.7 Å². The van der Waals surface area contributed by atoms with Crippen LogP contribution in [0, 0.1) is 0 Å². The lowest BCUT2D eigenvalue weighted by Crippen LogP contribution is -2.09. The van der Waals surface area contributed by atoms with Crippen molar-refractivity contribution in [3.05, 3.63) is 35.7 Å². The van der Waals surface area contributed by atoms with Gasteiger partial charge in [-0.1, -0.05) is 24.6 Å². The standard InChI is InChI=1S/C14H16N4O3/c1-3-5-12-13(14(20)21)16-17-18(12)11-7-4-6-10(8-11)15-9(2)19/h4,6-8H,3,5H2,1-2H3,(H,15,19)(H,20,21). The van der Waals surface area contributed by atoms with Gasteiger partial charge in [0.25, 0.3) is 0 Å². The Morgan fingerprint density at radius 3 is 2.76 bits per heavy atom. The van der Waals surface area contributed by atoms with Crippen LogP contribution < -0.4 is 5.32 Å². The van der Waals surface area contributed by atoms with Crippen molar-refractivity contribution in [3.63, 3.8) is 0 Å². The Balaban J connectivity index is 2.46. The molecule has 1 amide bonds. The number of carboxylic acid groups (broad SMARTS) is 1. The van der Waals surface area contributed by atoms with Crippen molar-refractivity contribution in [2.24, 2.45) is 0 Å². The lowest BCUT2D eigenvalue weighted by atomic mass is 10.2. The van der Waals surface area contributed by atoms with Gasteiger partial charge in [-0.25, -0.2) is 9.48 Å². The zero-order valence-corrected chi connectivity index (χ0v) is 11.8. The lowest BCUT2D eigenvalue weighted by Gasteiger charge is -2.08. The van der Waals surface area contributed by atoms with E-state index in [1.807, 2.05) is 6.92 Å². The van der Waals surface area contributed by atoms with Crippen LogP contribution in [-0.4, -0.2) is 32.0 Å². The van der Waals surface area contributed by atoms with E-state index in [0.717, 1.165) is 6.42 Å². The molecular formula is C14H16N4O3. The molecule has 110 valence electrons. The van der Waals surface area contributed by atoms with Gasteiger partial charge in [0, 0.05) is 12.6 Å². The van der Waals surface area contributed by atoms with Crippen LogP contribution in [-0.2, 0) is 11.2 Å². The molecule has 1 aromatic carbocycles. The first kappa shape index (κ1) is 14.7. The van der Waals surface area contributed by atoms with E-state index in [2.05, 4.69) is 15.6 Å². The highest BCUT2D eigenvalue weighted by Gasteiger charge is 2.19. The van der Waals surface area contributed by atoms with Gasteiger partial charge in [-0.15, -0.1) is 5.10 Å². The molecule has 0 aliphatic heterocycles. The van der Waals surface area contributed by atoms with Gasteiger partial charge in [-0.05, 0) is 24.6 Å². The van der Waals surface area contributed by atoms with E-state index in [1.54, 1.807) is 24.3 Å². The van der Waals surface area contributed by atoms with Gasteiger partial charge in [-0.3, -0.25) is 4.79 Å². The number of amides is 1. The van der Waals surface area contributed by atoms with Crippen molar-refractivity contribution in [2.75, 3.05) is 5.32 Å². The summed E-state index contributed by atoms with van der Waals surface area (Å²) in [6, 6.07) is 7.02. The number of benzene rings is 1. The molecule has 0 saturated heterocycles. The number of aromatic carboxylic acids is 1. The molecule has 7 heteroatoms. The molecule has 0 aliphatic carbocycles. The monoisotopic (exact) mass is 288 g/mol. The minimum atomic E-state index is -1.09. The average Bonchev–Trinajstić information content (AvgIpc) is 2.82. The van der Waals surface area contributed by atoms with Crippen LogP contribution in [0.15, 0.2) is 24.3 Å². The van der Waals surface area contributed by atoms with E-state index in [1.165, 1.54) is 11.6 Å². The average molecular weight is 288 g/mol. The topological polar surface area (TPSA) is 97.1 Å². The van der Waals surface area contributed by atoms with Crippen LogP contribution >= 0.6 is 0 Å². The number of nitrogens with one attached hydrogen (secondary N) is 1. The number of nitrogens with zero attached hydrogens (tertiary/aromatic N) is 3. The lowest BCUT2D eigenvalue weighted by molar-refractivity contribution is -0.114. The van der Waals surface area contributed by atoms with E-state index in [0.29, 0.717) is 23.5 Å². The van der Waals surface area contributed by atoms with E-state index < -0.39 is 5.97 Å². The molecule has 2 rings (SSSR count). The maximum Gasteiger partial charge on any atom is 0.358 e. The molecule has 0 fully saturated rings. The first-order chi connectivity index (χ1) is 10.0. The second-order valence-corrected chi connectivity index (χ2v) is 4.58. The molecule has 1 heterocycles. The molecule has 2 aromatic rings. The largest absolute Gasteiger partial charge is 0.476 e. The predicted octanol–water partition coefficient (Wildman–Crippen LogP) is 1.88. The maximum absolute atomic E-state index is 11.2. The fraction of sp³-hybridized carbons (Fsp3) is 0.286. The molecule has 0 unspecified atom stereocenters. The number of carbonyl (C=O) groups is 2. The highest BCUT2D eigenvalue weighted by Crippen LogP contribution is 2.18. The number of carboxylic acids is 1. The predicted molar refractivity (Wildman–Crippen MR) is 76.6 cm³/mol. The van der Waals surface area contributed by atoms with Gasteiger partial charge in [0.05, 0.1) is 11.4 Å². The molecule has 0 atom stereocenters. The second kappa shape index (κ2) is 6.17. The minimum Gasteiger partial charge on any atom is -0.476 e. The Morgan fingerprint density at radius 2 is 2.14 bits per heavy atom. The van der Waals surface area contributed by atoms with Crippen molar-refractivity contribution < 1.29 is 14.7 Å². The van der Waals surface area contributed by atoms with Crippen LogP contribution in [0.2, 0.25) is 0 Å². The van der Waals surface area contributed by atoms with Crippen molar-refractivity contribution in [1.29, 1.82) is 0 Å². The molecule has 1 aromatic heterocycles. The molecule has 0 aliphatic rings. The third-order valence-corrected chi connectivity index (χ3v) is 2.86. The van der Waals surface area contributed by atoms with Crippen molar-refractivity contribution >= 4 is 17.6 Å². The molecule has 0 saturated carbocycles. The van der Waals surface area contributed by atoms with Crippen LogP contribution in [0.4, 0.5) is 5.69 Å². The summed E-state index contributed by atoms with van der Waals surface area (Å²) in [5.74, 6) is -1.27. The third kappa shape index (κ3) is 3.25. The molecule has 0 spiro atoms. The van der Waals surface area contributed by atoms with Crippen LogP contribution in [0.1, 0.15) is 36.5 Å². The van der Waals surface area contributed by atoms with Gasteiger partial charge >= 0.3 is 5.97 Å². The molecule has 21 heavy (non-hydrogen) atoms. The Labute approximate surface area is 121 Å². The third-order valence-electron chi connectivity index (χ3n) is 2.86. The molecule has 2 N–H and O–H groups in total. The van der Waals surface area contributed by atoms with E-state index in [4.69, 9.17) is 5.11 Å². The summed E-state index contributed by atoms with van der Waals surface area (Å²) in [6.45, 7) is 3.38. The quantitative estimate of drug-likeness (QED) is 0.875. The molecule has 0 bridgehead atoms. The number of rotatable bonds is 5. The second-order valence-electron chi connectivity index (χ2n) is 4.58. The fourth-order valence-corrected chi connectivity index (χ4v) is 2.05. The van der Waals surface area contributed by atoms with Gasteiger partial charge in [-0.2, -0.15) is 0 Å². The Hall–Kier alpha value is -2.70. The van der Waals surface area contributed by atoms with Gasteiger partial charge in [0.15, 0.2) is 5.69 Å². The van der Waals surface area contributed by atoms with Gasteiger partial charge in [0.2, 0.25) is 5.91 Å². The number of carbonyl (C=O) groups excluding carboxylic acids is 1. The fourth-order valence-electron chi connectivity index (χ4n) is 2.05. The highest BCUT2D eigenvalue weighted by atomic mass is 16.4. The summed E-state index contributed by atoms with van der Waals surface area (Å²) in [7, 11) is 0. The van der Waals surface area contributed by atoms with Crippen molar-refractivity contribution in [3.8, 4) is 5.69 Å². The highest BCUT2D eigenvalue weighted by molar-refractivity contribution is 5.89. The zero-order valence-electron chi connectivity index (χ0n) is 11.8. The van der Waals surface area contributed by atoms with E-state index >= 15 is 0 Å². The number of aromatic nitrogens is 3. The number of hydrogen-bond donors (Lipinski definition) is 2. The maximum atomic E-state index is 11.2. The van der Waals surface area contributed by atoms with Crippen LogP contribution in [0.25, 0.3) is 5.69 Å². The summed E-state index contributed by atoms with van der Waals surface area (Å²) < 4.78 is 1.50. The van der Waals surface area contributed by atoms with E-state index in [9.17, 15) is 9.59 Å². The summed E-state index contributed by atoms with van der Waals surface area (Å²) >= 11 is 0. The number of hydrogen-bond acceptors (Lipinski definition) is 4. The van der Waals surface area contributed by atoms with Gasteiger partial charge < -0.3 is 10.4 Å². The van der Waals surface area contributed by atoms with Crippen LogP contribution in [0.3, 0.4) is 0 Å². The Morgan fingerprint density at radius 1 is 1.38 bits per heavy atom. The van der Waals surface area contributed by atoms with Gasteiger partial charge in [0.1, 0.15) is 0 Å². The SMILES string of the molecule is CCCc1c(C(=O)O)nnn1-c1cccc(NC(C)=O)c1. The summed E-state index contributed by atoms with van der Waals surface area (Å²) in [5.41, 5.74) is 1.78. The van der Waals surface area contributed by atoms with E-state index in [-0.39, 0.29) is 11.6 Å². The summed E-state index contributed by atoms with van der Waals surface area (Å²) in [6.07, 6.45) is 1.33. The molecule has 0 radical (unpaired) electrons. The minimum absolute atomic E-state index is 0.0400. The smallest absolute Gasteiger partial charge is 0.358 e. The summed E-state index contributed by atoms with van der Waals surface area (Å²) in [5, 5.41) is 19.5. The normalized spacial score (nSPS) is 10.4.